The maximum absolute atomic E-state index is 11.1. The fourth-order valence-electron chi connectivity index (χ4n) is 2.05. The Morgan fingerprint density at radius 1 is 1.40 bits per heavy atom. The molecular weight excluding hydrogens is 216 g/mol. The van der Waals surface area contributed by atoms with Crippen LogP contribution in [0.2, 0.25) is 0 Å². The highest BCUT2D eigenvalue weighted by Gasteiger charge is 2.46. The lowest BCUT2D eigenvalue weighted by Gasteiger charge is -2.50. The topological polar surface area (TPSA) is 66.6 Å². The van der Waals surface area contributed by atoms with E-state index in [0.717, 1.165) is 19.3 Å². The highest BCUT2D eigenvalue weighted by Crippen LogP contribution is 2.38. The van der Waals surface area contributed by atoms with Crippen LogP contribution in [0.1, 0.15) is 40.0 Å². The third kappa shape index (κ3) is 2.55. The van der Waals surface area contributed by atoms with Crippen molar-refractivity contribution in [2.24, 2.45) is 11.1 Å². The van der Waals surface area contributed by atoms with Crippen molar-refractivity contribution in [1.29, 1.82) is 0 Å². The number of nitrogens with zero attached hydrogens (tertiary/aromatic N) is 1. The second-order valence-electron chi connectivity index (χ2n) is 5.07. The van der Waals surface area contributed by atoms with Crippen molar-refractivity contribution in [3.05, 3.63) is 0 Å². The Balaban J connectivity index is 0.00000196. The zero-order chi connectivity index (χ0) is 11.0. The van der Waals surface area contributed by atoms with Gasteiger partial charge < -0.3 is 10.8 Å². The van der Waals surface area contributed by atoms with Gasteiger partial charge in [0.2, 0.25) is 0 Å². The summed E-state index contributed by atoms with van der Waals surface area (Å²) in [4.78, 5) is 12.5. The summed E-state index contributed by atoms with van der Waals surface area (Å²) >= 11 is 0. The minimum absolute atomic E-state index is 0. The number of likely N-dealkylation sites (tertiary alicyclic amines) is 1. The minimum Gasteiger partial charge on any atom is -0.465 e. The lowest BCUT2D eigenvalue weighted by Crippen LogP contribution is -2.67. The quantitative estimate of drug-likeness (QED) is 0.678. The van der Waals surface area contributed by atoms with E-state index in [1.807, 2.05) is 20.8 Å². The van der Waals surface area contributed by atoms with Gasteiger partial charge in [-0.05, 0) is 24.7 Å². The molecule has 0 aromatic rings. The van der Waals surface area contributed by atoms with E-state index in [1.54, 1.807) is 0 Å². The summed E-state index contributed by atoms with van der Waals surface area (Å²) in [5.41, 5.74) is 5.30. The normalized spacial score (nSPS) is 27.1. The van der Waals surface area contributed by atoms with Crippen LogP contribution in [-0.2, 0) is 0 Å². The number of carbonyl (C=O) groups is 1. The summed E-state index contributed by atoms with van der Waals surface area (Å²) in [7, 11) is 0. The van der Waals surface area contributed by atoms with Gasteiger partial charge in [0.1, 0.15) is 0 Å². The molecule has 0 saturated carbocycles. The van der Waals surface area contributed by atoms with Gasteiger partial charge >= 0.3 is 6.09 Å². The number of hydrogen-bond acceptors (Lipinski definition) is 2. The predicted molar refractivity (Wildman–Crippen MR) is 62.2 cm³/mol. The van der Waals surface area contributed by atoms with E-state index in [1.165, 1.54) is 4.90 Å². The van der Waals surface area contributed by atoms with Crippen LogP contribution in [0.5, 0.6) is 0 Å². The fraction of sp³-hybridized carbons (Fsp3) is 0.900. The zero-order valence-corrected chi connectivity index (χ0v) is 10.4. The summed E-state index contributed by atoms with van der Waals surface area (Å²) in [6.07, 6.45) is 1.78. The molecule has 5 heteroatoms. The molecule has 1 amide bonds. The molecule has 0 aromatic carbocycles. The number of carboxylic acid groups (broad SMARTS) is 1. The van der Waals surface area contributed by atoms with Gasteiger partial charge in [-0.15, -0.1) is 12.4 Å². The van der Waals surface area contributed by atoms with E-state index in [2.05, 4.69) is 0 Å². The lowest BCUT2D eigenvalue weighted by molar-refractivity contribution is -0.0204. The average molecular weight is 237 g/mol. The molecule has 3 N–H and O–H groups in total. The molecule has 1 saturated heterocycles. The van der Waals surface area contributed by atoms with Crippen molar-refractivity contribution >= 4 is 18.5 Å². The van der Waals surface area contributed by atoms with Crippen LogP contribution < -0.4 is 5.73 Å². The smallest absolute Gasteiger partial charge is 0.408 e. The molecular formula is C10H21ClN2O2. The molecule has 1 heterocycles. The van der Waals surface area contributed by atoms with E-state index in [-0.39, 0.29) is 17.8 Å². The number of halogens is 1. The van der Waals surface area contributed by atoms with Crippen LogP contribution in [0, 0.1) is 5.41 Å². The van der Waals surface area contributed by atoms with Gasteiger partial charge in [0, 0.05) is 6.54 Å². The summed E-state index contributed by atoms with van der Waals surface area (Å²) in [5, 5.41) is 9.08. The van der Waals surface area contributed by atoms with Gasteiger partial charge in [-0.1, -0.05) is 20.8 Å². The van der Waals surface area contributed by atoms with Crippen LogP contribution in [0.3, 0.4) is 0 Å². The molecule has 4 nitrogen and oxygen atoms in total. The number of piperidine rings is 1. The zero-order valence-electron chi connectivity index (χ0n) is 9.62. The van der Waals surface area contributed by atoms with Crippen molar-refractivity contribution in [1.82, 2.24) is 4.90 Å². The molecule has 0 bridgehead atoms. The first-order valence-electron chi connectivity index (χ1n) is 5.08. The van der Waals surface area contributed by atoms with Crippen molar-refractivity contribution in [3.8, 4) is 0 Å². The van der Waals surface area contributed by atoms with Gasteiger partial charge in [0.05, 0.1) is 5.66 Å². The first kappa shape index (κ1) is 14.5. The lowest BCUT2D eigenvalue weighted by atomic mass is 9.75. The first-order chi connectivity index (χ1) is 6.29. The van der Waals surface area contributed by atoms with E-state index >= 15 is 0 Å². The van der Waals surface area contributed by atoms with Gasteiger partial charge in [0.15, 0.2) is 0 Å². The summed E-state index contributed by atoms with van der Waals surface area (Å²) in [5.74, 6) is 0. The Hall–Kier alpha value is -0.480. The SMILES string of the molecule is CC(C)(C)C1(N)CCCCN1C(=O)O.Cl. The maximum atomic E-state index is 11.1. The Labute approximate surface area is 97.2 Å². The third-order valence-corrected chi connectivity index (χ3v) is 3.20. The third-order valence-electron chi connectivity index (χ3n) is 3.20. The predicted octanol–water partition coefficient (Wildman–Crippen LogP) is 2.27. The molecule has 90 valence electrons. The van der Waals surface area contributed by atoms with E-state index in [0.29, 0.717) is 6.54 Å². The molecule has 15 heavy (non-hydrogen) atoms. The Morgan fingerprint density at radius 3 is 2.27 bits per heavy atom. The van der Waals surface area contributed by atoms with Crippen LogP contribution in [0.15, 0.2) is 0 Å². The Morgan fingerprint density at radius 2 is 1.93 bits per heavy atom. The van der Waals surface area contributed by atoms with E-state index in [9.17, 15) is 4.79 Å². The Bertz CT molecular complexity index is 240. The number of nitrogens with two attached hydrogens (primary N) is 1. The summed E-state index contributed by atoms with van der Waals surface area (Å²) in [6, 6.07) is 0. The summed E-state index contributed by atoms with van der Waals surface area (Å²) < 4.78 is 0. The van der Waals surface area contributed by atoms with Gasteiger partial charge in [-0.25, -0.2) is 4.79 Å². The van der Waals surface area contributed by atoms with Crippen LogP contribution >= 0.6 is 12.4 Å². The molecule has 0 aromatic heterocycles. The molecule has 1 atom stereocenters. The van der Waals surface area contributed by atoms with Crippen molar-refractivity contribution < 1.29 is 9.90 Å². The molecule has 1 rings (SSSR count). The Kier molecular flexibility index (Phi) is 4.43. The number of amides is 1. The minimum atomic E-state index is -0.901. The highest BCUT2D eigenvalue weighted by molar-refractivity contribution is 5.85. The first-order valence-corrected chi connectivity index (χ1v) is 5.08. The highest BCUT2D eigenvalue weighted by atomic mass is 35.5. The van der Waals surface area contributed by atoms with Crippen molar-refractivity contribution in [3.63, 3.8) is 0 Å². The molecule has 1 aliphatic rings. The molecule has 1 fully saturated rings. The van der Waals surface area contributed by atoms with Crippen LogP contribution in [0.25, 0.3) is 0 Å². The second-order valence-corrected chi connectivity index (χ2v) is 5.07. The molecule has 0 aliphatic carbocycles. The van der Waals surface area contributed by atoms with Crippen LogP contribution in [-0.4, -0.2) is 28.3 Å². The van der Waals surface area contributed by atoms with Gasteiger partial charge in [-0.2, -0.15) is 0 Å². The van der Waals surface area contributed by atoms with E-state index < -0.39 is 11.8 Å². The molecule has 1 unspecified atom stereocenters. The maximum Gasteiger partial charge on any atom is 0.408 e. The number of hydrogen-bond donors (Lipinski definition) is 2. The van der Waals surface area contributed by atoms with Crippen molar-refractivity contribution in [2.75, 3.05) is 6.54 Å². The van der Waals surface area contributed by atoms with Gasteiger partial charge in [-0.3, -0.25) is 4.90 Å². The second kappa shape index (κ2) is 4.58. The molecule has 0 spiro atoms. The summed E-state index contributed by atoms with van der Waals surface area (Å²) in [6.45, 7) is 6.54. The van der Waals surface area contributed by atoms with Crippen LogP contribution in [0.4, 0.5) is 4.79 Å². The standard InChI is InChI=1S/C10H20N2O2.ClH/c1-9(2,3)10(11)6-4-5-7-12(10)8(13)14;/h4-7,11H2,1-3H3,(H,13,14);1H. The monoisotopic (exact) mass is 236 g/mol. The fourth-order valence-corrected chi connectivity index (χ4v) is 2.05. The van der Waals surface area contributed by atoms with E-state index in [4.69, 9.17) is 10.8 Å². The average Bonchev–Trinajstić information content (AvgIpc) is 2.02. The molecule has 1 aliphatic heterocycles. The number of rotatable bonds is 0. The van der Waals surface area contributed by atoms with Crippen molar-refractivity contribution in [2.45, 2.75) is 45.7 Å². The van der Waals surface area contributed by atoms with Gasteiger partial charge in [0.25, 0.3) is 0 Å². The largest absolute Gasteiger partial charge is 0.465 e. The molecule has 0 radical (unpaired) electrons.